The highest BCUT2D eigenvalue weighted by molar-refractivity contribution is 7.99. The molecule has 0 saturated carbocycles. The molecule has 8 heteroatoms. The van der Waals surface area contributed by atoms with E-state index < -0.39 is 10.0 Å². The van der Waals surface area contributed by atoms with Crippen LogP contribution in [0.25, 0.3) is 0 Å². The molecule has 0 amide bonds. The third-order valence-corrected chi connectivity index (χ3v) is 7.52. The van der Waals surface area contributed by atoms with Crippen molar-refractivity contribution in [3.05, 3.63) is 11.4 Å². The molecule has 1 fully saturated rings. The Balaban J connectivity index is 2.25. The first-order valence-corrected chi connectivity index (χ1v) is 9.45. The van der Waals surface area contributed by atoms with Gasteiger partial charge in [-0.3, -0.25) is 0 Å². The van der Waals surface area contributed by atoms with Gasteiger partial charge in [0.1, 0.15) is 4.21 Å². The number of ether oxygens (including phenoxy) is 1. The second-order valence-electron chi connectivity index (χ2n) is 4.33. The number of thiophene rings is 1. The summed E-state index contributed by atoms with van der Waals surface area (Å²) in [5.74, 6) is 1.86. The summed E-state index contributed by atoms with van der Waals surface area (Å²) < 4.78 is 32.2. The maximum atomic E-state index is 12.7. The highest BCUT2D eigenvalue weighted by Crippen LogP contribution is 2.30. The Kier molecular flexibility index (Phi) is 5.13. The Hall–Kier alpha value is -0.280. The zero-order valence-electron chi connectivity index (χ0n) is 10.7. The average molecular weight is 322 g/mol. The molecule has 108 valence electrons. The fourth-order valence-corrected chi connectivity index (χ4v) is 6.17. The molecule has 2 heterocycles. The molecule has 5 nitrogen and oxygen atoms in total. The minimum absolute atomic E-state index is 0.0634. The van der Waals surface area contributed by atoms with Crippen molar-refractivity contribution in [2.24, 2.45) is 0 Å². The predicted molar refractivity (Wildman–Crippen MR) is 80.2 cm³/mol. The highest BCUT2D eigenvalue weighted by atomic mass is 32.2. The van der Waals surface area contributed by atoms with E-state index in [1.54, 1.807) is 28.6 Å². The summed E-state index contributed by atoms with van der Waals surface area (Å²) in [6.45, 7) is 0.795. The van der Waals surface area contributed by atoms with Gasteiger partial charge < -0.3 is 10.5 Å². The number of nitrogens with two attached hydrogens (primary N) is 1. The monoisotopic (exact) mass is 322 g/mol. The van der Waals surface area contributed by atoms with E-state index in [1.165, 1.54) is 17.4 Å². The van der Waals surface area contributed by atoms with Crippen LogP contribution in [0.1, 0.15) is 6.42 Å². The van der Waals surface area contributed by atoms with Crippen molar-refractivity contribution < 1.29 is 13.2 Å². The van der Waals surface area contributed by atoms with Crippen LogP contribution in [0.2, 0.25) is 0 Å². The number of nitrogen functional groups attached to an aromatic ring is 1. The molecule has 2 N–H and O–H groups in total. The second-order valence-corrected chi connectivity index (χ2v) is 8.50. The third kappa shape index (κ3) is 3.43. The van der Waals surface area contributed by atoms with Gasteiger partial charge in [0.25, 0.3) is 10.0 Å². The lowest BCUT2D eigenvalue weighted by Crippen LogP contribution is -2.42. The molecule has 0 aliphatic carbocycles. The number of anilines is 1. The molecule has 0 bridgehead atoms. The summed E-state index contributed by atoms with van der Waals surface area (Å²) in [6, 6.07) is 1.59. The van der Waals surface area contributed by atoms with Gasteiger partial charge in [-0.2, -0.15) is 16.1 Å². The molecule has 1 atom stereocenters. The van der Waals surface area contributed by atoms with E-state index in [4.69, 9.17) is 10.5 Å². The second kappa shape index (κ2) is 6.45. The molecule has 0 spiro atoms. The number of nitrogens with zero attached hydrogens (tertiary/aromatic N) is 1. The standard InChI is InChI=1S/C11H18N2O3S3/c1-16-4-3-13(10-2-5-17-8-10)19(14,15)11-6-9(12)7-18-11/h6-7,10H,2-5,8,12H2,1H3. The predicted octanol–water partition coefficient (Wildman–Crippen LogP) is 1.47. The summed E-state index contributed by atoms with van der Waals surface area (Å²) in [5.41, 5.74) is 6.12. The Morgan fingerprint density at radius 3 is 2.89 bits per heavy atom. The number of methoxy groups -OCH3 is 1. The molecule has 1 saturated heterocycles. The Morgan fingerprint density at radius 1 is 1.58 bits per heavy atom. The zero-order chi connectivity index (χ0) is 13.9. The number of thioether (sulfide) groups is 1. The van der Waals surface area contributed by atoms with Crippen molar-refractivity contribution in [1.29, 1.82) is 0 Å². The van der Waals surface area contributed by atoms with Crippen molar-refractivity contribution in [1.82, 2.24) is 4.31 Å². The van der Waals surface area contributed by atoms with Crippen molar-refractivity contribution in [3.8, 4) is 0 Å². The molecule has 1 aromatic heterocycles. The Labute approximate surface area is 122 Å². The van der Waals surface area contributed by atoms with Crippen LogP contribution in [0, 0.1) is 0 Å². The Morgan fingerprint density at radius 2 is 2.37 bits per heavy atom. The topological polar surface area (TPSA) is 72.6 Å². The minimum Gasteiger partial charge on any atom is -0.398 e. The molecule has 2 rings (SSSR count). The van der Waals surface area contributed by atoms with Gasteiger partial charge in [0.2, 0.25) is 0 Å². The number of hydrogen-bond acceptors (Lipinski definition) is 6. The lowest BCUT2D eigenvalue weighted by molar-refractivity contribution is 0.169. The van der Waals surface area contributed by atoms with Gasteiger partial charge in [0.15, 0.2) is 0 Å². The van der Waals surface area contributed by atoms with Gasteiger partial charge >= 0.3 is 0 Å². The fraction of sp³-hybridized carbons (Fsp3) is 0.636. The van der Waals surface area contributed by atoms with E-state index in [0.29, 0.717) is 23.0 Å². The van der Waals surface area contributed by atoms with Crippen LogP contribution >= 0.6 is 23.1 Å². The van der Waals surface area contributed by atoms with Crippen molar-refractivity contribution in [2.45, 2.75) is 16.7 Å². The highest BCUT2D eigenvalue weighted by Gasteiger charge is 2.34. The maximum Gasteiger partial charge on any atom is 0.252 e. The van der Waals surface area contributed by atoms with Crippen LogP contribution in [0.3, 0.4) is 0 Å². The normalized spacial score (nSPS) is 20.2. The fourth-order valence-electron chi connectivity index (χ4n) is 2.01. The SMILES string of the molecule is COCCN(C1CCSC1)S(=O)(=O)c1cc(N)cs1. The first-order valence-electron chi connectivity index (χ1n) is 5.98. The maximum absolute atomic E-state index is 12.7. The minimum atomic E-state index is -3.46. The number of sulfonamides is 1. The van der Waals surface area contributed by atoms with Gasteiger partial charge in [-0.15, -0.1) is 11.3 Å². The van der Waals surface area contributed by atoms with Crippen LogP contribution in [0.4, 0.5) is 5.69 Å². The molecular formula is C11H18N2O3S3. The molecule has 0 radical (unpaired) electrons. The third-order valence-electron chi connectivity index (χ3n) is 2.99. The molecule has 1 unspecified atom stereocenters. The van der Waals surface area contributed by atoms with E-state index in [1.807, 2.05) is 0 Å². The molecule has 1 aromatic rings. The van der Waals surface area contributed by atoms with Crippen molar-refractivity contribution >= 4 is 38.8 Å². The van der Waals surface area contributed by atoms with Gasteiger partial charge in [-0.05, 0) is 18.2 Å². The van der Waals surface area contributed by atoms with Crippen molar-refractivity contribution in [2.75, 3.05) is 37.5 Å². The first-order chi connectivity index (χ1) is 9.05. The van der Waals surface area contributed by atoms with Gasteiger partial charge in [-0.25, -0.2) is 8.42 Å². The van der Waals surface area contributed by atoms with E-state index in [2.05, 4.69) is 0 Å². The van der Waals surface area contributed by atoms with E-state index in [-0.39, 0.29) is 6.04 Å². The van der Waals surface area contributed by atoms with E-state index in [0.717, 1.165) is 17.9 Å². The summed E-state index contributed by atoms with van der Waals surface area (Å²) in [6.07, 6.45) is 0.897. The molecule has 0 aromatic carbocycles. The van der Waals surface area contributed by atoms with Crippen LogP contribution in [-0.4, -0.2) is 50.5 Å². The quantitative estimate of drug-likeness (QED) is 0.859. The van der Waals surface area contributed by atoms with Crippen LogP contribution in [-0.2, 0) is 14.8 Å². The van der Waals surface area contributed by atoms with E-state index in [9.17, 15) is 8.42 Å². The van der Waals surface area contributed by atoms with Gasteiger partial charge in [0.05, 0.1) is 6.61 Å². The summed E-state index contributed by atoms with van der Waals surface area (Å²) in [5, 5.41) is 1.66. The summed E-state index contributed by atoms with van der Waals surface area (Å²) in [7, 11) is -1.88. The van der Waals surface area contributed by atoms with Crippen molar-refractivity contribution in [3.63, 3.8) is 0 Å². The van der Waals surface area contributed by atoms with Crippen LogP contribution < -0.4 is 5.73 Å². The van der Waals surface area contributed by atoms with E-state index >= 15 is 0 Å². The molecule has 1 aliphatic rings. The van der Waals surface area contributed by atoms with Gasteiger partial charge in [-0.1, -0.05) is 0 Å². The zero-order valence-corrected chi connectivity index (χ0v) is 13.2. The molecule has 19 heavy (non-hydrogen) atoms. The first kappa shape index (κ1) is 15.1. The summed E-state index contributed by atoms with van der Waals surface area (Å²) >= 11 is 2.97. The van der Waals surface area contributed by atoms with Gasteiger partial charge in [0, 0.05) is 36.5 Å². The molecular weight excluding hydrogens is 304 g/mol. The largest absolute Gasteiger partial charge is 0.398 e. The van der Waals surface area contributed by atoms with Crippen LogP contribution in [0.5, 0.6) is 0 Å². The number of hydrogen-bond donors (Lipinski definition) is 1. The lowest BCUT2D eigenvalue weighted by atomic mass is 10.3. The number of rotatable bonds is 6. The molecule has 1 aliphatic heterocycles. The summed E-state index contributed by atoms with van der Waals surface area (Å²) in [4.78, 5) is 0. The average Bonchev–Trinajstić information content (AvgIpc) is 3.00. The van der Waals surface area contributed by atoms with Crippen LogP contribution in [0.15, 0.2) is 15.7 Å². The lowest BCUT2D eigenvalue weighted by Gasteiger charge is -2.26. The smallest absolute Gasteiger partial charge is 0.252 e. The Bertz CT molecular complexity index is 509.